The summed E-state index contributed by atoms with van der Waals surface area (Å²) in [6, 6.07) is 0. The highest BCUT2D eigenvalue weighted by Crippen LogP contribution is 1.86. The minimum Gasteiger partial charge on any atom is -0.548 e. The van der Waals surface area contributed by atoms with Crippen molar-refractivity contribution in [3.63, 3.8) is 0 Å². The molecule has 4 heteroatoms. The summed E-state index contributed by atoms with van der Waals surface area (Å²) in [5.41, 5.74) is 0. The molecule has 0 saturated carbocycles. The molecule has 0 aliphatic carbocycles. The van der Waals surface area contributed by atoms with Gasteiger partial charge in [0.2, 0.25) is 5.91 Å². The highest BCUT2D eigenvalue weighted by molar-refractivity contribution is 5.80. The first-order valence-electron chi connectivity index (χ1n) is 3.01. The molecule has 66 valence electrons. The van der Waals surface area contributed by atoms with Gasteiger partial charge in [-0.1, -0.05) is 14.4 Å². The van der Waals surface area contributed by atoms with Crippen LogP contribution < -0.4 is 5.11 Å². The molecule has 0 heterocycles. The second-order valence-electron chi connectivity index (χ2n) is 1.98. The zero-order valence-electron chi connectivity index (χ0n) is 6.09. The molecule has 0 aromatic heterocycles. The van der Waals surface area contributed by atoms with Crippen LogP contribution in [-0.2, 0) is 9.59 Å². The van der Waals surface area contributed by atoms with Crippen molar-refractivity contribution >= 4 is 11.9 Å². The lowest BCUT2D eigenvalue weighted by molar-refractivity contribution is -0.305. The molecular weight excluding hydrogens is 146 g/mol. The molecule has 0 radical (unpaired) electrons. The third-order valence-electron chi connectivity index (χ3n) is 1.09. The number of hydrogen-bond acceptors (Lipinski definition) is 3. The van der Waals surface area contributed by atoms with E-state index in [0.29, 0.717) is 6.42 Å². The van der Waals surface area contributed by atoms with E-state index in [0.717, 1.165) is 4.90 Å². The Bertz CT molecular complexity index is 145. The van der Waals surface area contributed by atoms with Crippen molar-refractivity contribution in [3.8, 4) is 0 Å². The molecule has 0 spiro atoms. The Kier molecular flexibility index (Phi) is 6.53. The van der Waals surface area contributed by atoms with Crippen LogP contribution in [0.5, 0.6) is 0 Å². The third-order valence-corrected chi connectivity index (χ3v) is 1.09. The number of nitrogens with zero attached hydrogens (tertiary/aromatic N) is 1. The lowest BCUT2D eigenvalue weighted by atomic mass is 10.4. The second-order valence-corrected chi connectivity index (χ2v) is 1.98. The van der Waals surface area contributed by atoms with Crippen molar-refractivity contribution in [2.24, 2.45) is 0 Å². The maximum absolute atomic E-state index is 10.7. The minimum atomic E-state index is -1.23. The van der Waals surface area contributed by atoms with Crippen molar-refractivity contribution < 1.29 is 14.7 Å². The summed E-state index contributed by atoms with van der Waals surface area (Å²) in [6.07, 6.45) is 0.323. The molecular formula is C7H14NO3-. The van der Waals surface area contributed by atoms with E-state index < -0.39 is 5.97 Å². The van der Waals surface area contributed by atoms with Crippen LogP contribution in [-0.4, -0.2) is 30.4 Å². The molecule has 0 atom stereocenters. The van der Waals surface area contributed by atoms with Crippen LogP contribution in [0.25, 0.3) is 0 Å². The highest BCUT2D eigenvalue weighted by Gasteiger charge is 2.03. The van der Waals surface area contributed by atoms with Crippen molar-refractivity contribution in [2.45, 2.75) is 20.8 Å². The van der Waals surface area contributed by atoms with E-state index in [1.54, 1.807) is 6.92 Å². The maximum atomic E-state index is 10.7. The molecule has 0 aromatic carbocycles. The third kappa shape index (κ3) is 5.39. The molecule has 0 N–H and O–H groups in total. The quantitative estimate of drug-likeness (QED) is 0.545. The zero-order chi connectivity index (χ0) is 8.15. The van der Waals surface area contributed by atoms with Crippen molar-refractivity contribution in [2.75, 3.05) is 13.6 Å². The molecule has 0 rings (SSSR count). The average molecular weight is 160 g/mol. The number of hydrogen-bond donors (Lipinski definition) is 0. The summed E-state index contributed by atoms with van der Waals surface area (Å²) in [7, 11) is 1.43. The van der Waals surface area contributed by atoms with Crippen LogP contribution >= 0.6 is 0 Å². The SMILES string of the molecule is C.CCC(=O)N(C)CC(=O)[O-]. The number of carboxylic acids is 1. The van der Waals surface area contributed by atoms with Crippen molar-refractivity contribution in [1.82, 2.24) is 4.90 Å². The number of carboxylic acid groups (broad SMARTS) is 1. The monoisotopic (exact) mass is 160 g/mol. The normalized spacial score (nSPS) is 8.18. The molecule has 4 nitrogen and oxygen atoms in total. The van der Waals surface area contributed by atoms with Gasteiger partial charge in [0, 0.05) is 13.5 Å². The summed E-state index contributed by atoms with van der Waals surface area (Å²) in [5, 5.41) is 9.93. The van der Waals surface area contributed by atoms with E-state index in [1.807, 2.05) is 0 Å². The van der Waals surface area contributed by atoms with Crippen molar-refractivity contribution in [1.29, 1.82) is 0 Å². The molecule has 0 unspecified atom stereocenters. The molecule has 0 aromatic rings. The van der Waals surface area contributed by atoms with Crippen LogP contribution in [0.15, 0.2) is 0 Å². The first kappa shape index (κ1) is 12.6. The zero-order valence-corrected chi connectivity index (χ0v) is 6.09. The van der Waals surface area contributed by atoms with Gasteiger partial charge in [0.05, 0.1) is 12.5 Å². The van der Waals surface area contributed by atoms with Crippen LogP contribution in [0, 0.1) is 0 Å². The molecule has 11 heavy (non-hydrogen) atoms. The summed E-state index contributed by atoms with van der Waals surface area (Å²) < 4.78 is 0. The summed E-state index contributed by atoms with van der Waals surface area (Å²) >= 11 is 0. The number of carbonyl (C=O) groups excluding carboxylic acids is 2. The van der Waals surface area contributed by atoms with E-state index >= 15 is 0 Å². The van der Waals surface area contributed by atoms with Crippen LogP contribution in [0.3, 0.4) is 0 Å². The Morgan fingerprint density at radius 1 is 1.45 bits per heavy atom. The van der Waals surface area contributed by atoms with Gasteiger partial charge in [-0.15, -0.1) is 0 Å². The Hall–Kier alpha value is -1.06. The molecule has 0 bridgehead atoms. The smallest absolute Gasteiger partial charge is 0.222 e. The van der Waals surface area contributed by atoms with Gasteiger partial charge in [-0.25, -0.2) is 0 Å². The van der Waals surface area contributed by atoms with Crippen LogP contribution in [0.2, 0.25) is 0 Å². The largest absolute Gasteiger partial charge is 0.548 e. The molecule has 0 aliphatic rings. The lowest BCUT2D eigenvalue weighted by Gasteiger charge is -2.15. The standard InChI is InChI=1S/C6H11NO3.CH4/c1-3-5(8)7(2)4-6(9)10;/h3-4H2,1-2H3,(H,9,10);1H4/p-1. The summed E-state index contributed by atoms with van der Waals surface area (Å²) in [4.78, 5) is 21.7. The van der Waals surface area contributed by atoms with Gasteiger partial charge in [-0.2, -0.15) is 0 Å². The summed E-state index contributed by atoms with van der Waals surface area (Å²) in [6.45, 7) is 1.35. The van der Waals surface area contributed by atoms with Gasteiger partial charge >= 0.3 is 0 Å². The number of carbonyl (C=O) groups is 2. The first-order chi connectivity index (χ1) is 4.57. The Morgan fingerprint density at radius 3 is 2.18 bits per heavy atom. The predicted octanol–water partition coefficient (Wildman–Crippen LogP) is -0.759. The molecule has 0 fully saturated rings. The van der Waals surface area contributed by atoms with Crippen molar-refractivity contribution in [3.05, 3.63) is 0 Å². The van der Waals surface area contributed by atoms with Gasteiger partial charge in [-0.3, -0.25) is 4.79 Å². The highest BCUT2D eigenvalue weighted by atomic mass is 16.4. The molecule has 0 saturated heterocycles. The Morgan fingerprint density at radius 2 is 1.91 bits per heavy atom. The van der Waals surface area contributed by atoms with Gasteiger partial charge in [0.25, 0.3) is 0 Å². The van der Waals surface area contributed by atoms with Crippen LogP contribution in [0.1, 0.15) is 20.8 Å². The maximum Gasteiger partial charge on any atom is 0.222 e. The van der Waals surface area contributed by atoms with E-state index in [2.05, 4.69) is 0 Å². The van der Waals surface area contributed by atoms with E-state index in [-0.39, 0.29) is 19.9 Å². The summed E-state index contributed by atoms with van der Waals surface area (Å²) in [5.74, 6) is -1.42. The van der Waals surface area contributed by atoms with Gasteiger partial charge in [0.15, 0.2) is 0 Å². The fraction of sp³-hybridized carbons (Fsp3) is 0.714. The van der Waals surface area contributed by atoms with E-state index in [4.69, 9.17) is 0 Å². The Balaban J connectivity index is 0. The Labute approximate surface area is 66.8 Å². The fourth-order valence-electron chi connectivity index (χ4n) is 0.552. The van der Waals surface area contributed by atoms with E-state index in [9.17, 15) is 14.7 Å². The average Bonchev–Trinajstić information content (AvgIpc) is 1.85. The van der Waals surface area contributed by atoms with Crippen LogP contribution in [0.4, 0.5) is 0 Å². The van der Waals surface area contributed by atoms with Gasteiger partial charge in [0.1, 0.15) is 0 Å². The topological polar surface area (TPSA) is 60.4 Å². The fourth-order valence-corrected chi connectivity index (χ4v) is 0.552. The molecule has 0 aliphatic heterocycles. The number of amides is 1. The van der Waals surface area contributed by atoms with Gasteiger partial charge < -0.3 is 14.8 Å². The first-order valence-corrected chi connectivity index (χ1v) is 3.01. The number of aliphatic carboxylic acids is 1. The number of rotatable bonds is 3. The molecule has 1 amide bonds. The minimum absolute atomic E-state index is 0. The lowest BCUT2D eigenvalue weighted by Crippen LogP contribution is -2.38. The van der Waals surface area contributed by atoms with E-state index in [1.165, 1.54) is 7.05 Å². The predicted molar refractivity (Wildman–Crippen MR) is 39.7 cm³/mol. The second kappa shape index (κ2) is 5.70. The van der Waals surface area contributed by atoms with Gasteiger partial charge in [-0.05, 0) is 0 Å². The number of likely N-dealkylation sites (N-methyl/N-ethyl adjacent to an activating group) is 1.